The van der Waals surface area contributed by atoms with Crippen molar-refractivity contribution in [3.63, 3.8) is 0 Å². The molecule has 0 aromatic heterocycles. The third-order valence-corrected chi connectivity index (χ3v) is 5.08. The second kappa shape index (κ2) is 7.29. The van der Waals surface area contributed by atoms with Crippen molar-refractivity contribution in [1.82, 2.24) is 4.90 Å². The first-order valence-electron chi connectivity index (χ1n) is 8.62. The second-order valence-electron chi connectivity index (χ2n) is 6.71. The molecule has 1 aliphatic heterocycles. The van der Waals surface area contributed by atoms with E-state index in [1.54, 1.807) is 0 Å². The molecule has 0 bridgehead atoms. The third kappa shape index (κ3) is 3.49. The van der Waals surface area contributed by atoms with E-state index >= 15 is 0 Å². The van der Waals surface area contributed by atoms with Crippen LogP contribution in [0.4, 0.5) is 0 Å². The monoisotopic (exact) mass is 309 g/mol. The molecular weight excluding hydrogens is 282 g/mol. The number of hydrogen-bond acceptors (Lipinski definition) is 2. The van der Waals surface area contributed by atoms with E-state index in [9.17, 15) is 0 Å². The Kier molecular flexibility index (Phi) is 5.14. The van der Waals surface area contributed by atoms with Crippen LogP contribution in [0.3, 0.4) is 0 Å². The quantitative estimate of drug-likeness (QED) is 0.801. The van der Waals surface area contributed by atoms with Crippen LogP contribution in [0.1, 0.15) is 43.1 Å². The summed E-state index contributed by atoms with van der Waals surface area (Å²) in [5, 5.41) is 0. The second-order valence-corrected chi connectivity index (χ2v) is 6.71. The predicted octanol–water partition coefficient (Wildman–Crippen LogP) is 4.85. The molecule has 2 aromatic carbocycles. The van der Waals surface area contributed by atoms with E-state index in [-0.39, 0.29) is 12.2 Å². The first-order valence-corrected chi connectivity index (χ1v) is 8.62. The van der Waals surface area contributed by atoms with E-state index in [1.165, 1.54) is 11.1 Å². The lowest BCUT2D eigenvalue weighted by atomic mass is 9.80. The number of rotatable bonds is 4. The highest BCUT2D eigenvalue weighted by Crippen LogP contribution is 2.45. The maximum absolute atomic E-state index is 6.62. The van der Waals surface area contributed by atoms with Crippen LogP contribution in [-0.4, -0.2) is 25.0 Å². The molecule has 0 spiro atoms. The molecule has 0 unspecified atom stereocenters. The largest absolute Gasteiger partial charge is 0.365 e. The molecular formula is C21H27NO. The number of nitrogens with zero attached hydrogens (tertiary/aromatic N) is 1. The Bertz CT molecular complexity index is 596. The van der Waals surface area contributed by atoms with Crippen molar-refractivity contribution in [2.75, 3.05) is 14.1 Å². The minimum absolute atomic E-state index is 0.160. The fraction of sp³-hybridized carbons (Fsp3) is 0.429. The van der Waals surface area contributed by atoms with Gasteiger partial charge >= 0.3 is 0 Å². The van der Waals surface area contributed by atoms with Crippen LogP contribution < -0.4 is 0 Å². The molecule has 0 saturated carbocycles. The van der Waals surface area contributed by atoms with E-state index in [2.05, 4.69) is 86.6 Å². The maximum atomic E-state index is 6.62. The molecule has 122 valence electrons. The molecule has 2 aromatic rings. The Morgan fingerprint density at radius 3 is 2.00 bits per heavy atom. The van der Waals surface area contributed by atoms with Gasteiger partial charge in [-0.1, -0.05) is 67.6 Å². The summed E-state index contributed by atoms with van der Waals surface area (Å²) in [6.45, 7) is 2.28. The lowest BCUT2D eigenvalue weighted by Gasteiger charge is -2.45. The van der Waals surface area contributed by atoms with Crippen molar-refractivity contribution in [1.29, 1.82) is 0 Å². The molecule has 0 aliphatic carbocycles. The summed E-state index contributed by atoms with van der Waals surface area (Å²) in [7, 11) is 4.39. The molecule has 4 atom stereocenters. The Morgan fingerprint density at radius 2 is 1.48 bits per heavy atom. The Balaban J connectivity index is 1.95. The van der Waals surface area contributed by atoms with Gasteiger partial charge in [-0.2, -0.15) is 0 Å². The van der Waals surface area contributed by atoms with Crippen LogP contribution in [0, 0.1) is 5.92 Å². The molecule has 1 fully saturated rings. The van der Waals surface area contributed by atoms with Crippen molar-refractivity contribution in [2.45, 2.75) is 38.0 Å². The van der Waals surface area contributed by atoms with E-state index < -0.39 is 0 Å². The van der Waals surface area contributed by atoms with Crippen LogP contribution in [0.5, 0.6) is 0 Å². The molecule has 0 radical (unpaired) electrons. The lowest BCUT2D eigenvalue weighted by molar-refractivity contribution is -0.120. The summed E-state index contributed by atoms with van der Waals surface area (Å²) in [5.74, 6) is 0.521. The molecule has 2 nitrogen and oxygen atoms in total. The van der Waals surface area contributed by atoms with Gasteiger partial charge in [-0.05, 0) is 38.1 Å². The summed E-state index contributed by atoms with van der Waals surface area (Å²) in [4.78, 5) is 2.38. The van der Waals surface area contributed by atoms with Crippen LogP contribution in [0.2, 0.25) is 0 Å². The minimum Gasteiger partial charge on any atom is -0.365 e. The first kappa shape index (κ1) is 16.2. The summed E-state index contributed by atoms with van der Waals surface area (Å²) in [5.41, 5.74) is 2.58. The normalized spacial score (nSPS) is 28.0. The van der Waals surface area contributed by atoms with E-state index in [0.717, 1.165) is 12.8 Å². The van der Waals surface area contributed by atoms with Gasteiger partial charge in [-0.3, -0.25) is 0 Å². The zero-order chi connectivity index (χ0) is 16.2. The van der Waals surface area contributed by atoms with Gasteiger partial charge in [0.2, 0.25) is 0 Å². The van der Waals surface area contributed by atoms with Crippen molar-refractivity contribution in [3.8, 4) is 0 Å². The number of ether oxygens (including phenoxy) is 1. The molecule has 0 N–H and O–H groups in total. The van der Waals surface area contributed by atoms with E-state index in [1.807, 2.05) is 0 Å². The third-order valence-electron chi connectivity index (χ3n) is 5.08. The molecule has 1 aliphatic rings. The predicted molar refractivity (Wildman–Crippen MR) is 95.3 cm³/mol. The van der Waals surface area contributed by atoms with Crippen molar-refractivity contribution >= 4 is 0 Å². The Labute approximate surface area is 140 Å². The van der Waals surface area contributed by atoms with Gasteiger partial charge in [0.05, 0.1) is 12.2 Å². The fourth-order valence-electron chi connectivity index (χ4n) is 3.86. The van der Waals surface area contributed by atoms with Gasteiger partial charge in [-0.15, -0.1) is 0 Å². The smallest absolute Gasteiger partial charge is 0.0876 e. The zero-order valence-electron chi connectivity index (χ0n) is 14.4. The van der Waals surface area contributed by atoms with Crippen LogP contribution in [0.25, 0.3) is 0 Å². The maximum Gasteiger partial charge on any atom is 0.0876 e. The van der Waals surface area contributed by atoms with Gasteiger partial charge in [0.1, 0.15) is 0 Å². The van der Waals surface area contributed by atoms with Crippen LogP contribution in [0.15, 0.2) is 60.7 Å². The molecule has 2 heteroatoms. The fourth-order valence-corrected chi connectivity index (χ4v) is 3.86. The standard InChI is InChI=1S/C21H27NO/c1-4-18-19(22(2)3)15-20(16-11-7-5-8-12-16)23-21(18)17-13-9-6-10-14-17/h5-14,18-21H,4,15H2,1-3H3/t18-,19+,20+,21+/m1/s1. The lowest BCUT2D eigenvalue weighted by Crippen LogP contribution is -2.44. The van der Waals surface area contributed by atoms with E-state index in [4.69, 9.17) is 4.74 Å². The van der Waals surface area contributed by atoms with Gasteiger partial charge < -0.3 is 9.64 Å². The molecule has 3 rings (SSSR count). The summed E-state index contributed by atoms with van der Waals surface area (Å²) in [6, 6.07) is 21.9. The molecule has 0 amide bonds. The summed E-state index contributed by atoms with van der Waals surface area (Å²) >= 11 is 0. The highest BCUT2D eigenvalue weighted by Gasteiger charge is 2.39. The van der Waals surface area contributed by atoms with Gasteiger partial charge in [0, 0.05) is 12.0 Å². The molecule has 1 saturated heterocycles. The molecule has 23 heavy (non-hydrogen) atoms. The highest BCUT2D eigenvalue weighted by molar-refractivity contribution is 5.23. The first-order chi connectivity index (χ1) is 11.2. The van der Waals surface area contributed by atoms with Crippen molar-refractivity contribution in [3.05, 3.63) is 71.8 Å². The van der Waals surface area contributed by atoms with Crippen molar-refractivity contribution < 1.29 is 4.74 Å². The van der Waals surface area contributed by atoms with Gasteiger partial charge in [0.25, 0.3) is 0 Å². The average Bonchev–Trinajstić information content (AvgIpc) is 2.62. The highest BCUT2D eigenvalue weighted by atomic mass is 16.5. The SMILES string of the molecule is CC[C@H]1[C@H](c2ccccc2)O[C@H](c2ccccc2)C[C@@H]1N(C)C. The minimum atomic E-state index is 0.160. The average molecular weight is 309 g/mol. The molecule has 1 heterocycles. The number of benzene rings is 2. The summed E-state index contributed by atoms with van der Waals surface area (Å²) < 4.78 is 6.62. The Morgan fingerprint density at radius 1 is 0.913 bits per heavy atom. The van der Waals surface area contributed by atoms with Gasteiger partial charge in [-0.25, -0.2) is 0 Å². The Hall–Kier alpha value is -1.64. The van der Waals surface area contributed by atoms with Gasteiger partial charge in [0.15, 0.2) is 0 Å². The topological polar surface area (TPSA) is 12.5 Å². The van der Waals surface area contributed by atoms with Crippen LogP contribution >= 0.6 is 0 Å². The summed E-state index contributed by atoms with van der Waals surface area (Å²) in [6.07, 6.45) is 2.51. The van der Waals surface area contributed by atoms with Crippen LogP contribution in [-0.2, 0) is 4.74 Å². The number of hydrogen-bond donors (Lipinski definition) is 0. The van der Waals surface area contributed by atoms with Crippen molar-refractivity contribution in [2.24, 2.45) is 5.92 Å². The van der Waals surface area contributed by atoms with E-state index in [0.29, 0.717) is 12.0 Å². The zero-order valence-corrected chi connectivity index (χ0v) is 14.4.